The molecule has 0 N–H and O–H groups in total. The van der Waals surface area contributed by atoms with Crippen molar-refractivity contribution in [3.8, 4) is 0 Å². The SMILES string of the molecule is CCCCCCCCC1(C2CO2)OOOOCC1C. The first-order valence-electron chi connectivity index (χ1n) is 7.55. The lowest BCUT2D eigenvalue weighted by Crippen LogP contribution is -2.45. The van der Waals surface area contributed by atoms with E-state index in [0.29, 0.717) is 6.61 Å². The first kappa shape index (κ1) is 15.2. The molecule has 19 heavy (non-hydrogen) atoms. The Kier molecular flexibility index (Phi) is 6.04. The molecule has 0 radical (unpaired) electrons. The van der Waals surface area contributed by atoms with Crippen molar-refractivity contribution in [3.63, 3.8) is 0 Å². The second-order valence-electron chi connectivity index (χ2n) is 5.70. The summed E-state index contributed by atoms with van der Waals surface area (Å²) in [6, 6.07) is 0. The Bertz CT molecular complexity index is 256. The van der Waals surface area contributed by atoms with Crippen LogP contribution >= 0.6 is 0 Å². The van der Waals surface area contributed by atoms with Gasteiger partial charge in [-0.15, -0.1) is 0 Å². The summed E-state index contributed by atoms with van der Waals surface area (Å²) in [4.78, 5) is 10.4. The molecular formula is C14H26O5. The molecule has 0 aromatic carbocycles. The molecule has 2 rings (SSSR count). The minimum absolute atomic E-state index is 0.114. The van der Waals surface area contributed by atoms with Crippen LogP contribution in [0, 0.1) is 5.92 Å². The molecule has 2 fully saturated rings. The van der Waals surface area contributed by atoms with Crippen LogP contribution in [0.25, 0.3) is 0 Å². The summed E-state index contributed by atoms with van der Waals surface area (Å²) in [7, 11) is 0. The van der Waals surface area contributed by atoms with Crippen LogP contribution in [0.4, 0.5) is 0 Å². The van der Waals surface area contributed by atoms with Crippen molar-refractivity contribution >= 4 is 0 Å². The first-order valence-corrected chi connectivity index (χ1v) is 7.55. The fourth-order valence-corrected chi connectivity index (χ4v) is 2.78. The van der Waals surface area contributed by atoms with E-state index in [9.17, 15) is 0 Å². The number of epoxide rings is 1. The normalized spacial score (nSPS) is 35.1. The Morgan fingerprint density at radius 1 is 1.00 bits per heavy atom. The van der Waals surface area contributed by atoms with Gasteiger partial charge in [0.2, 0.25) is 0 Å². The van der Waals surface area contributed by atoms with Gasteiger partial charge in [-0.05, 0) is 16.5 Å². The van der Waals surface area contributed by atoms with E-state index in [2.05, 4.69) is 23.9 Å². The van der Waals surface area contributed by atoms with Gasteiger partial charge in [0.1, 0.15) is 11.7 Å². The topological polar surface area (TPSA) is 49.5 Å². The standard InChI is InChI=1S/C14H26O5/c1-3-4-5-6-7-8-9-14(13-11-15-13)12(2)10-16-18-19-17-14/h12-13H,3-11H2,1-2H3. The molecule has 0 saturated carbocycles. The molecule has 2 heterocycles. The molecule has 3 unspecified atom stereocenters. The zero-order valence-corrected chi connectivity index (χ0v) is 12.1. The number of ether oxygens (including phenoxy) is 1. The number of unbranched alkanes of at least 4 members (excludes halogenated alkanes) is 5. The van der Waals surface area contributed by atoms with Crippen LogP contribution in [0.1, 0.15) is 58.8 Å². The van der Waals surface area contributed by atoms with Crippen molar-refractivity contribution in [3.05, 3.63) is 0 Å². The van der Waals surface area contributed by atoms with Crippen LogP contribution < -0.4 is 0 Å². The molecular weight excluding hydrogens is 248 g/mol. The molecule has 5 heteroatoms. The van der Waals surface area contributed by atoms with Gasteiger partial charge in [-0.2, -0.15) is 4.89 Å². The quantitative estimate of drug-likeness (QED) is 0.386. The van der Waals surface area contributed by atoms with Gasteiger partial charge in [-0.25, -0.2) is 4.89 Å². The average molecular weight is 274 g/mol. The van der Waals surface area contributed by atoms with Gasteiger partial charge in [-0.3, -0.25) is 0 Å². The van der Waals surface area contributed by atoms with Crippen molar-refractivity contribution in [2.24, 2.45) is 5.92 Å². The maximum absolute atomic E-state index is 5.48. The monoisotopic (exact) mass is 274 g/mol. The molecule has 112 valence electrons. The average Bonchev–Trinajstić information content (AvgIpc) is 3.23. The fraction of sp³-hybridized carbons (Fsp3) is 1.00. The third-order valence-electron chi connectivity index (χ3n) is 4.22. The molecule has 0 bridgehead atoms. The highest BCUT2D eigenvalue weighted by Crippen LogP contribution is 2.41. The largest absolute Gasteiger partial charge is 0.370 e. The van der Waals surface area contributed by atoms with Crippen LogP contribution in [0.5, 0.6) is 0 Å². The summed E-state index contributed by atoms with van der Waals surface area (Å²) < 4.78 is 5.46. The Labute approximate surface area is 115 Å². The summed E-state index contributed by atoms with van der Waals surface area (Å²) in [5.74, 6) is 0.193. The van der Waals surface area contributed by atoms with Crippen LogP contribution in [0.2, 0.25) is 0 Å². The number of hydrogen-bond donors (Lipinski definition) is 0. The van der Waals surface area contributed by atoms with E-state index in [4.69, 9.17) is 14.5 Å². The third-order valence-corrected chi connectivity index (χ3v) is 4.22. The molecule has 0 amide bonds. The van der Waals surface area contributed by atoms with E-state index in [1.807, 2.05) is 0 Å². The minimum Gasteiger partial charge on any atom is -0.370 e. The van der Waals surface area contributed by atoms with Gasteiger partial charge >= 0.3 is 0 Å². The lowest BCUT2D eigenvalue weighted by atomic mass is 9.81. The zero-order valence-electron chi connectivity index (χ0n) is 12.1. The summed E-state index contributed by atoms with van der Waals surface area (Å²) in [6.45, 7) is 5.54. The minimum atomic E-state index is -0.415. The predicted molar refractivity (Wildman–Crippen MR) is 68.8 cm³/mol. The Morgan fingerprint density at radius 3 is 2.47 bits per heavy atom. The van der Waals surface area contributed by atoms with E-state index < -0.39 is 5.60 Å². The predicted octanol–water partition coefficient (Wildman–Crippen LogP) is 3.34. The Morgan fingerprint density at radius 2 is 1.74 bits per heavy atom. The molecule has 0 aromatic heterocycles. The van der Waals surface area contributed by atoms with Gasteiger partial charge in [0.15, 0.2) is 0 Å². The maximum atomic E-state index is 5.48. The van der Waals surface area contributed by atoms with Gasteiger partial charge in [0.25, 0.3) is 0 Å². The van der Waals surface area contributed by atoms with E-state index in [1.54, 1.807) is 0 Å². The van der Waals surface area contributed by atoms with Crippen LogP contribution in [-0.2, 0) is 24.6 Å². The summed E-state index contributed by atoms with van der Waals surface area (Å²) in [5.41, 5.74) is -0.415. The second kappa shape index (κ2) is 7.55. The summed E-state index contributed by atoms with van der Waals surface area (Å²) in [5, 5.41) is 9.16. The maximum Gasteiger partial charge on any atom is 0.140 e. The highest BCUT2D eigenvalue weighted by molar-refractivity contribution is 4.98. The summed E-state index contributed by atoms with van der Waals surface area (Å²) >= 11 is 0. The van der Waals surface area contributed by atoms with E-state index in [1.165, 1.54) is 32.1 Å². The van der Waals surface area contributed by atoms with Gasteiger partial charge in [-0.1, -0.05) is 52.4 Å². The molecule has 2 saturated heterocycles. The Balaban J connectivity index is 1.78. The van der Waals surface area contributed by atoms with Crippen molar-refractivity contribution in [1.82, 2.24) is 0 Å². The van der Waals surface area contributed by atoms with Gasteiger partial charge in [0.05, 0.1) is 13.2 Å². The molecule has 0 aromatic rings. The van der Waals surface area contributed by atoms with Crippen molar-refractivity contribution < 1.29 is 24.6 Å². The van der Waals surface area contributed by atoms with E-state index in [0.717, 1.165) is 19.4 Å². The zero-order chi connectivity index (χ0) is 13.6. The van der Waals surface area contributed by atoms with Crippen molar-refractivity contribution in [2.75, 3.05) is 13.2 Å². The lowest BCUT2D eigenvalue weighted by molar-refractivity contribution is -0.638. The van der Waals surface area contributed by atoms with Gasteiger partial charge in [0, 0.05) is 5.92 Å². The fourth-order valence-electron chi connectivity index (χ4n) is 2.78. The third kappa shape index (κ3) is 4.13. The Hall–Kier alpha value is -0.200. The van der Waals surface area contributed by atoms with Crippen LogP contribution in [0.15, 0.2) is 0 Å². The number of hydrogen-bond acceptors (Lipinski definition) is 5. The highest BCUT2D eigenvalue weighted by Gasteiger charge is 2.54. The second-order valence-corrected chi connectivity index (χ2v) is 5.70. The van der Waals surface area contributed by atoms with Crippen LogP contribution in [-0.4, -0.2) is 24.9 Å². The molecule has 2 aliphatic rings. The molecule has 0 aliphatic carbocycles. The summed E-state index contributed by atoms with van der Waals surface area (Å²) in [6.07, 6.45) is 8.61. The van der Waals surface area contributed by atoms with Crippen LogP contribution in [0.3, 0.4) is 0 Å². The van der Waals surface area contributed by atoms with Crippen molar-refractivity contribution in [2.45, 2.75) is 70.5 Å². The molecule has 0 spiro atoms. The van der Waals surface area contributed by atoms with Gasteiger partial charge < -0.3 is 4.74 Å². The first-order chi connectivity index (χ1) is 9.29. The lowest BCUT2D eigenvalue weighted by Gasteiger charge is -2.32. The number of rotatable bonds is 8. The van der Waals surface area contributed by atoms with E-state index in [-0.39, 0.29) is 12.0 Å². The molecule has 5 nitrogen and oxygen atoms in total. The smallest absolute Gasteiger partial charge is 0.140 e. The molecule has 3 atom stereocenters. The molecule has 2 aliphatic heterocycles. The van der Waals surface area contributed by atoms with Crippen molar-refractivity contribution in [1.29, 1.82) is 0 Å². The van der Waals surface area contributed by atoms with E-state index >= 15 is 0 Å². The highest BCUT2D eigenvalue weighted by atomic mass is 17.7.